The number of nitrogens with one attached hydrogen (secondary N) is 1. The highest BCUT2D eigenvalue weighted by molar-refractivity contribution is 7.16. The zero-order valence-electron chi connectivity index (χ0n) is 15.2. The number of thiazole rings is 1. The maximum atomic E-state index is 13.0. The van der Waals surface area contributed by atoms with Crippen molar-refractivity contribution in [2.45, 2.75) is 38.5 Å². The molecule has 0 spiro atoms. The van der Waals surface area contributed by atoms with Gasteiger partial charge in [0.1, 0.15) is 0 Å². The average molecular weight is 404 g/mol. The molecule has 2 unspecified atom stereocenters. The highest BCUT2D eigenvalue weighted by Gasteiger charge is 2.36. The molecular weight excluding hydrogens is 382 g/mol. The Hall–Kier alpha value is -1.92. The molecule has 0 bridgehead atoms. The largest absolute Gasteiger partial charge is 0.342 e. The van der Waals surface area contributed by atoms with E-state index >= 15 is 0 Å². The van der Waals surface area contributed by atoms with Crippen molar-refractivity contribution in [2.75, 3.05) is 18.4 Å². The molecule has 7 heteroatoms. The lowest BCUT2D eigenvalue weighted by Gasteiger charge is -2.32. The number of hydrogen-bond acceptors (Lipinski definition) is 4. The number of anilines is 1. The summed E-state index contributed by atoms with van der Waals surface area (Å²) in [5.74, 6) is 0.379. The van der Waals surface area contributed by atoms with E-state index in [2.05, 4.69) is 17.2 Å². The summed E-state index contributed by atoms with van der Waals surface area (Å²) in [5.41, 5.74) is 1.39. The van der Waals surface area contributed by atoms with Crippen molar-refractivity contribution in [3.05, 3.63) is 45.4 Å². The van der Waals surface area contributed by atoms with Crippen molar-refractivity contribution in [1.82, 2.24) is 9.88 Å². The van der Waals surface area contributed by atoms with Gasteiger partial charge >= 0.3 is 0 Å². The molecule has 2 amide bonds. The first kappa shape index (κ1) is 18.4. The Labute approximate surface area is 167 Å². The van der Waals surface area contributed by atoms with Gasteiger partial charge in [-0.3, -0.25) is 14.9 Å². The Kier molecular flexibility index (Phi) is 5.19. The second kappa shape index (κ2) is 7.60. The minimum Gasteiger partial charge on any atom is -0.342 e. The number of nitrogens with zero attached hydrogens (tertiary/aromatic N) is 2. The number of carbonyl (C=O) groups is 2. The van der Waals surface area contributed by atoms with Gasteiger partial charge in [0.15, 0.2) is 5.13 Å². The molecule has 5 nitrogen and oxygen atoms in total. The van der Waals surface area contributed by atoms with Crippen LogP contribution in [0.4, 0.5) is 5.13 Å². The van der Waals surface area contributed by atoms with Gasteiger partial charge < -0.3 is 4.90 Å². The molecule has 0 radical (unpaired) electrons. The molecule has 2 heterocycles. The van der Waals surface area contributed by atoms with Gasteiger partial charge in [0.2, 0.25) is 5.91 Å². The maximum absolute atomic E-state index is 13.0. The number of aryl methyl sites for hydroxylation is 1. The number of fused-ring (bicyclic) bond motifs is 1. The summed E-state index contributed by atoms with van der Waals surface area (Å²) < 4.78 is 0. The first-order chi connectivity index (χ1) is 13.0. The van der Waals surface area contributed by atoms with E-state index < -0.39 is 0 Å². The third-order valence-corrected chi connectivity index (χ3v) is 6.61. The third-order valence-electron chi connectivity index (χ3n) is 5.31. The number of benzene rings is 1. The Bertz CT molecular complexity index is 865. The van der Waals surface area contributed by atoms with E-state index in [1.165, 1.54) is 17.8 Å². The Balaban J connectivity index is 1.47. The fraction of sp³-hybridized carbons (Fsp3) is 0.450. The molecule has 1 aromatic heterocycles. The van der Waals surface area contributed by atoms with Crippen LogP contribution in [-0.2, 0) is 11.2 Å². The SMILES string of the molecule is CC1CCCN(C(=O)C2CCc3sc(NC(=O)c4ccc(Cl)cc4)nc32)C1. The van der Waals surface area contributed by atoms with Crippen LogP contribution in [0.1, 0.15) is 53.0 Å². The standard InChI is InChI=1S/C20H22ClN3O2S/c1-12-3-2-10-24(11-12)19(26)15-8-9-16-17(15)22-20(27-16)23-18(25)13-4-6-14(21)7-5-13/h4-7,12,15H,2-3,8-11H2,1H3,(H,22,23,25). The lowest BCUT2D eigenvalue weighted by Crippen LogP contribution is -2.41. The minimum absolute atomic E-state index is 0.164. The summed E-state index contributed by atoms with van der Waals surface area (Å²) in [6, 6.07) is 6.74. The van der Waals surface area contributed by atoms with E-state index in [4.69, 9.17) is 11.6 Å². The Morgan fingerprint density at radius 1 is 1.26 bits per heavy atom. The lowest BCUT2D eigenvalue weighted by atomic mass is 9.97. The molecule has 0 saturated carbocycles. The summed E-state index contributed by atoms with van der Waals surface area (Å²) >= 11 is 7.34. The predicted octanol–water partition coefficient (Wildman–Crippen LogP) is 4.34. The van der Waals surface area contributed by atoms with Crippen molar-refractivity contribution >= 4 is 39.9 Å². The molecule has 2 atom stereocenters. The van der Waals surface area contributed by atoms with Crippen LogP contribution in [0.2, 0.25) is 5.02 Å². The second-order valence-electron chi connectivity index (χ2n) is 7.41. The van der Waals surface area contributed by atoms with Gasteiger partial charge in [-0.2, -0.15) is 0 Å². The van der Waals surface area contributed by atoms with Gasteiger partial charge in [0.25, 0.3) is 5.91 Å². The van der Waals surface area contributed by atoms with Gasteiger partial charge in [-0.25, -0.2) is 4.98 Å². The van der Waals surface area contributed by atoms with Gasteiger partial charge in [0.05, 0.1) is 11.6 Å². The number of rotatable bonds is 3. The molecule has 1 fully saturated rings. The van der Waals surface area contributed by atoms with Crippen molar-refractivity contribution < 1.29 is 9.59 Å². The van der Waals surface area contributed by atoms with Crippen LogP contribution in [0, 0.1) is 5.92 Å². The lowest BCUT2D eigenvalue weighted by molar-refractivity contribution is -0.134. The van der Waals surface area contributed by atoms with Crippen LogP contribution in [0.3, 0.4) is 0 Å². The van der Waals surface area contributed by atoms with E-state index in [0.29, 0.717) is 21.6 Å². The van der Waals surface area contributed by atoms with Crippen LogP contribution in [0.25, 0.3) is 0 Å². The van der Waals surface area contributed by atoms with Crippen LogP contribution in [0.15, 0.2) is 24.3 Å². The van der Waals surface area contributed by atoms with Crippen molar-refractivity contribution in [2.24, 2.45) is 5.92 Å². The number of hydrogen-bond donors (Lipinski definition) is 1. The number of halogens is 1. The van der Waals surface area contributed by atoms with Crippen LogP contribution in [-0.4, -0.2) is 34.8 Å². The highest BCUT2D eigenvalue weighted by atomic mass is 35.5. The van der Waals surface area contributed by atoms with Crippen molar-refractivity contribution in [1.29, 1.82) is 0 Å². The molecule has 1 N–H and O–H groups in total. The van der Waals surface area contributed by atoms with E-state index in [1.807, 2.05) is 4.90 Å². The average Bonchev–Trinajstić information content (AvgIpc) is 3.21. The number of aromatic nitrogens is 1. The molecule has 1 aliphatic carbocycles. The fourth-order valence-electron chi connectivity index (χ4n) is 3.90. The van der Waals surface area contributed by atoms with E-state index in [1.54, 1.807) is 24.3 Å². The van der Waals surface area contributed by atoms with Gasteiger partial charge in [-0.15, -0.1) is 11.3 Å². The highest BCUT2D eigenvalue weighted by Crippen LogP contribution is 2.39. The summed E-state index contributed by atoms with van der Waals surface area (Å²) in [6.45, 7) is 3.89. The third kappa shape index (κ3) is 3.87. The molecule has 2 aromatic rings. The van der Waals surface area contributed by atoms with Gasteiger partial charge in [-0.1, -0.05) is 18.5 Å². The summed E-state index contributed by atoms with van der Waals surface area (Å²) in [7, 11) is 0. The summed E-state index contributed by atoms with van der Waals surface area (Å²) in [6.07, 6.45) is 3.94. The summed E-state index contributed by atoms with van der Waals surface area (Å²) in [5, 5.41) is 4.00. The monoisotopic (exact) mass is 403 g/mol. The van der Waals surface area contributed by atoms with E-state index in [-0.39, 0.29) is 17.7 Å². The Morgan fingerprint density at radius 2 is 2.04 bits per heavy atom. The number of piperidine rings is 1. The predicted molar refractivity (Wildman–Crippen MR) is 108 cm³/mol. The zero-order valence-corrected chi connectivity index (χ0v) is 16.8. The topological polar surface area (TPSA) is 62.3 Å². The van der Waals surface area contributed by atoms with Gasteiger partial charge in [-0.05, 0) is 55.9 Å². The molecule has 1 aromatic carbocycles. The molecule has 142 valence electrons. The van der Waals surface area contributed by atoms with Crippen molar-refractivity contribution in [3.8, 4) is 0 Å². The fourth-order valence-corrected chi connectivity index (χ4v) is 5.06. The van der Waals surface area contributed by atoms with E-state index in [9.17, 15) is 9.59 Å². The number of carbonyl (C=O) groups excluding carboxylic acids is 2. The molecule has 1 saturated heterocycles. The van der Waals surface area contributed by atoms with Crippen LogP contribution < -0.4 is 5.32 Å². The molecule has 4 rings (SSSR count). The molecule has 2 aliphatic rings. The van der Waals surface area contributed by atoms with Gasteiger partial charge in [0, 0.05) is 28.6 Å². The number of amides is 2. The smallest absolute Gasteiger partial charge is 0.257 e. The van der Waals surface area contributed by atoms with Crippen molar-refractivity contribution in [3.63, 3.8) is 0 Å². The maximum Gasteiger partial charge on any atom is 0.257 e. The molecule has 27 heavy (non-hydrogen) atoms. The van der Waals surface area contributed by atoms with Crippen LogP contribution in [0.5, 0.6) is 0 Å². The second-order valence-corrected chi connectivity index (χ2v) is 8.93. The first-order valence-corrected chi connectivity index (χ1v) is 10.6. The zero-order chi connectivity index (χ0) is 19.0. The Morgan fingerprint density at radius 3 is 2.78 bits per heavy atom. The molecular formula is C20H22ClN3O2S. The summed E-state index contributed by atoms with van der Waals surface area (Å²) in [4.78, 5) is 33.1. The first-order valence-electron chi connectivity index (χ1n) is 9.36. The quantitative estimate of drug-likeness (QED) is 0.829. The number of likely N-dealkylation sites (tertiary alicyclic amines) is 1. The normalized spacial score (nSPS) is 21.8. The minimum atomic E-state index is -0.216. The van der Waals surface area contributed by atoms with Crippen LogP contribution >= 0.6 is 22.9 Å². The molecule has 1 aliphatic heterocycles. The van der Waals surface area contributed by atoms with E-state index in [0.717, 1.165) is 42.9 Å².